The number of benzene rings is 2. The zero-order valence-corrected chi connectivity index (χ0v) is 14.7. The molecule has 138 valence electrons. The highest BCUT2D eigenvalue weighted by atomic mass is 19.1. The summed E-state index contributed by atoms with van der Waals surface area (Å²) in [7, 11) is 0. The minimum absolute atomic E-state index is 0.0183. The van der Waals surface area contributed by atoms with Crippen molar-refractivity contribution >= 4 is 11.6 Å². The molecule has 1 aliphatic rings. The Morgan fingerprint density at radius 1 is 1.15 bits per heavy atom. The highest BCUT2D eigenvalue weighted by Crippen LogP contribution is 2.20. The van der Waals surface area contributed by atoms with E-state index in [9.17, 15) is 9.18 Å². The lowest BCUT2D eigenvalue weighted by molar-refractivity contribution is 0.0715. The molecule has 1 atom stereocenters. The van der Waals surface area contributed by atoms with Crippen LogP contribution in [0.25, 0.3) is 11.4 Å². The number of aromatic amines is 1. The average Bonchev–Trinajstić information content (AvgIpc) is 3.24. The van der Waals surface area contributed by atoms with Gasteiger partial charge < -0.3 is 10.2 Å². The molecule has 0 radical (unpaired) electrons. The minimum atomic E-state index is -0.255. The number of carbonyl (C=O) groups excluding carboxylic acids is 1. The normalized spacial score (nSPS) is 16.9. The highest BCUT2D eigenvalue weighted by molar-refractivity contribution is 5.94. The number of hydrogen-bond donors (Lipinski definition) is 2. The maximum absolute atomic E-state index is 13.0. The molecular weight excluding hydrogens is 345 g/mol. The molecule has 4 rings (SSSR count). The van der Waals surface area contributed by atoms with Crippen molar-refractivity contribution in [2.45, 2.75) is 18.9 Å². The molecule has 0 bridgehead atoms. The van der Waals surface area contributed by atoms with Gasteiger partial charge in [0.1, 0.15) is 12.1 Å². The number of halogens is 1. The monoisotopic (exact) mass is 365 g/mol. The van der Waals surface area contributed by atoms with E-state index >= 15 is 0 Å². The Morgan fingerprint density at radius 2 is 1.93 bits per heavy atom. The summed E-state index contributed by atoms with van der Waals surface area (Å²) in [4.78, 5) is 18.8. The van der Waals surface area contributed by atoms with E-state index < -0.39 is 0 Å². The topological polar surface area (TPSA) is 73.9 Å². The van der Waals surface area contributed by atoms with Crippen LogP contribution in [-0.4, -0.2) is 45.1 Å². The van der Waals surface area contributed by atoms with Gasteiger partial charge in [-0.1, -0.05) is 12.1 Å². The van der Waals surface area contributed by atoms with Crippen LogP contribution in [0.2, 0.25) is 0 Å². The molecule has 1 saturated heterocycles. The molecule has 1 amide bonds. The lowest BCUT2D eigenvalue weighted by Crippen LogP contribution is -2.45. The van der Waals surface area contributed by atoms with Crippen LogP contribution in [0.5, 0.6) is 0 Å². The number of amides is 1. The molecule has 1 fully saturated rings. The van der Waals surface area contributed by atoms with Crippen molar-refractivity contribution in [3.05, 3.63) is 66.2 Å². The van der Waals surface area contributed by atoms with Gasteiger partial charge in [-0.05, 0) is 49.2 Å². The van der Waals surface area contributed by atoms with Crippen LogP contribution in [-0.2, 0) is 0 Å². The number of likely N-dealkylation sites (tertiary alicyclic amines) is 1. The fourth-order valence-corrected chi connectivity index (χ4v) is 3.36. The lowest BCUT2D eigenvalue weighted by atomic mass is 10.0. The van der Waals surface area contributed by atoms with E-state index in [-0.39, 0.29) is 17.8 Å². The summed E-state index contributed by atoms with van der Waals surface area (Å²) in [6.07, 6.45) is 3.36. The zero-order chi connectivity index (χ0) is 18.6. The second-order valence-electron chi connectivity index (χ2n) is 6.65. The summed E-state index contributed by atoms with van der Waals surface area (Å²) in [6.45, 7) is 1.37. The summed E-state index contributed by atoms with van der Waals surface area (Å²) in [5.74, 6) is 0.440. The maximum atomic E-state index is 13.0. The fourth-order valence-electron chi connectivity index (χ4n) is 3.36. The summed E-state index contributed by atoms with van der Waals surface area (Å²) in [6, 6.07) is 13.8. The van der Waals surface area contributed by atoms with E-state index in [1.54, 1.807) is 12.1 Å². The van der Waals surface area contributed by atoms with E-state index in [0.717, 1.165) is 30.6 Å². The minimum Gasteiger partial charge on any atom is -0.381 e. The second kappa shape index (κ2) is 7.57. The van der Waals surface area contributed by atoms with Crippen LogP contribution in [0.3, 0.4) is 0 Å². The van der Waals surface area contributed by atoms with Gasteiger partial charge in [0.05, 0.1) is 0 Å². The number of piperidine rings is 1. The van der Waals surface area contributed by atoms with Crippen molar-refractivity contribution in [1.29, 1.82) is 0 Å². The highest BCUT2D eigenvalue weighted by Gasteiger charge is 2.24. The van der Waals surface area contributed by atoms with Crippen molar-refractivity contribution in [2.24, 2.45) is 0 Å². The molecule has 6 nitrogen and oxygen atoms in total. The van der Waals surface area contributed by atoms with Gasteiger partial charge in [-0.2, -0.15) is 5.10 Å². The number of nitrogens with zero attached hydrogens (tertiary/aromatic N) is 3. The average molecular weight is 365 g/mol. The first kappa shape index (κ1) is 17.2. The first-order valence-electron chi connectivity index (χ1n) is 8.96. The molecule has 1 unspecified atom stereocenters. The number of carbonyl (C=O) groups is 1. The van der Waals surface area contributed by atoms with Crippen LogP contribution in [0.1, 0.15) is 23.2 Å². The van der Waals surface area contributed by atoms with Crippen LogP contribution < -0.4 is 5.32 Å². The first-order valence-corrected chi connectivity index (χ1v) is 8.96. The number of nitrogens with one attached hydrogen (secondary N) is 2. The van der Waals surface area contributed by atoms with Gasteiger partial charge in [-0.15, -0.1) is 0 Å². The molecule has 0 spiro atoms. The van der Waals surface area contributed by atoms with Crippen molar-refractivity contribution < 1.29 is 9.18 Å². The predicted molar refractivity (Wildman–Crippen MR) is 101 cm³/mol. The van der Waals surface area contributed by atoms with E-state index in [2.05, 4.69) is 20.5 Å². The number of H-pyrrole nitrogens is 1. The Hall–Kier alpha value is -3.22. The Balaban J connectivity index is 1.41. The van der Waals surface area contributed by atoms with E-state index in [1.165, 1.54) is 18.5 Å². The number of aromatic nitrogens is 3. The third-order valence-corrected chi connectivity index (χ3v) is 4.74. The Kier molecular flexibility index (Phi) is 4.82. The van der Waals surface area contributed by atoms with Crippen LogP contribution >= 0.6 is 0 Å². The standard InChI is InChI=1S/C20H20FN5O/c21-16-7-9-17(10-8-16)24-18-2-1-11-26(12-18)20(27)15-5-3-14(4-6-15)19-22-13-23-25-19/h3-10,13,18,24H,1-2,11-12H2,(H,22,23,25). The second-order valence-corrected chi connectivity index (χ2v) is 6.65. The number of hydrogen-bond acceptors (Lipinski definition) is 4. The quantitative estimate of drug-likeness (QED) is 0.744. The maximum Gasteiger partial charge on any atom is 0.253 e. The summed E-state index contributed by atoms with van der Waals surface area (Å²) in [5, 5.41) is 10.0. The molecule has 1 aliphatic heterocycles. The van der Waals surface area contributed by atoms with E-state index in [0.29, 0.717) is 17.9 Å². The molecule has 2 heterocycles. The number of rotatable bonds is 4. The molecule has 2 N–H and O–H groups in total. The summed E-state index contributed by atoms with van der Waals surface area (Å²) < 4.78 is 13.0. The Bertz CT molecular complexity index is 893. The number of anilines is 1. The van der Waals surface area contributed by atoms with Gasteiger partial charge in [-0.3, -0.25) is 9.89 Å². The van der Waals surface area contributed by atoms with Crippen molar-refractivity contribution in [2.75, 3.05) is 18.4 Å². The van der Waals surface area contributed by atoms with E-state index in [4.69, 9.17) is 0 Å². The van der Waals surface area contributed by atoms with E-state index in [1.807, 2.05) is 29.2 Å². The van der Waals surface area contributed by atoms with Crippen molar-refractivity contribution in [3.63, 3.8) is 0 Å². The smallest absolute Gasteiger partial charge is 0.253 e. The molecule has 1 aromatic heterocycles. The van der Waals surface area contributed by atoms with Gasteiger partial charge in [-0.25, -0.2) is 9.37 Å². The molecule has 7 heteroatoms. The van der Waals surface area contributed by atoms with Crippen LogP contribution in [0.15, 0.2) is 54.9 Å². The molecule has 2 aromatic carbocycles. The lowest BCUT2D eigenvalue weighted by Gasteiger charge is -2.33. The van der Waals surface area contributed by atoms with Crippen LogP contribution in [0, 0.1) is 5.82 Å². The van der Waals surface area contributed by atoms with Crippen molar-refractivity contribution in [1.82, 2.24) is 20.1 Å². The molecule has 3 aromatic rings. The van der Waals surface area contributed by atoms with Crippen molar-refractivity contribution in [3.8, 4) is 11.4 Å². The third-order valence-electron chi connectivity index (χ3n) is 4.74. The molecule has 27 heavy (non-hydrogen) atoms. The van der Waals surface area contributed by atoms with Gasteiger partial charge in [0.25, 0.3) is 5.91 Å². The Morgan fingerprint density at radius 3 is 2.63 bits per heavy atom. The Labute approximate surface area is 156 Å². The molecule has 0 saturated carbocycles. The van der Waals surface area contributed by atoms with Gasteiger partial charge >= 0.3 is 0 Å². The zero-order valence-electron chi connectivity index (χ0n) is 14.7. The first-order chi connectivity index (χ1) is 13.2. The third kappa shape index (κ3) is 3.97. The largest absolute Gasteiger partial charge is 0.381 e. The summed E-state index contributed by atoms with van der Waals surface area (Å²) in [5.41, 5.74) is 2.41. The molecular formula is C20H20FN5O. The van der Waals surface area contributed by atoms with Gasteiger partial charge in [0, 0.05) is 35.9 Å². The van der Waals surface area contributed by atoms with Gasteiger partial charge in [0.2, 0.25) is 0 Å². The SMILES string of the molecule is O=C(c1ccc(-c2ncn[nH]2)cc1)N1CCCC(Nc2ccc(F)cc2)C1. The van der Waals surface area contributed by atoms with Gasteiger partial charge in [0.15, 0.2) is 5.82 Å². The predicted octanol–water partition coefficient (Wildman–Crippen LogP) is 3.33. The molecule has 0 aliphatic carbocycles. The van der Waals surface area contributed by atoms with Crippen LogP contribution in [0.4, 0.5) is 10.1 Å². The fraction of sp³-hybridized carbons (Fsp3) is 0.250. The summed E-state index contributed by atoms with van der Waals surface area (Å²) >= 11 is 0.